The van der Waals surface area contributed by atoms with Crippen molar-refractivity contribution < 1.29 is 14.7 Å². The van der Waals surface area contributed by atoms with E-state index < -0.39 is 5.97 Å². The monoisotopic (exact) mass is 239 g/mol. The lowest BCUT2D eigenvalue weighted by atomic mass is 10.0. The highest BCUT2D eigenvalue weighted by Crippen LogP contribution is 2.55. The van der Waals surface area contributed by atoms with Gasteiger partial charge in [-0.15, -0.1) is 0 Å². The normalized spacial score (nSPS) is 30.5. The average Bonchev–Trinajstić information content (AvgIpc) is 3.01. The van der Waals surface area contributed by atoms with Crippen molar-refractivity contribution in [2.24, 2.45) is 17.8 Å². The Morgan fingerprint density at radius 1 is 1.24 bits per heavy atom. The fourth-order valence-corrected chi connectivity index (χ4v) is 3.19. The van der Waals surface area contributed by atoms with Gasteiger partial charge in [-0.1, -0.05) is 12.8 Å². The molecule has 2 fully saturated rings. The molecule has 0 aromatic heterocycles. The minimum Gasteiger partial charge on any atom is -0.481 e. The minimum absolute atomic E-state index is 0.148. The van der Waals surface area contributed by atoms with Crippen molar-refractivity contribution in [2.45, 2.75) is 38.5 Å². The third-order valence-corrected chi connectivity index (χ3v) is 4.20. The highest BCUT2D eigenvalue weighted by molar-refractivity contribution is 5.82. The molecule has 0 aromatic carbocycles. The van der Waals surface area contributed by atoms with Crippen LogP contribution in [0.1, 0.15) is 38.5 Å². The molecule has 4 nitrogen and oxygen atoms in total. The fraction of sp³-hybridized carbons (Fsp3) is 0.846. The summed E-state index contributed by atoms with van der Waals surface area (Å²) in [6.45, 7) is 0.571. The van der Waals surface area contributed by atoms with Gasteiger partial charge in [0.25, 0.3) is 0 Å². The van der Waals surface area contributed by atoms with Crippen LogP contribution in [-0.4, -0.2) is 35.5 Å². The van der Waals surface area contributed by atoms with Gasteiger partial charge in [-0.25, -0.2) is 0 Å². The summed E-state index contributed by atoms with van der Waals surface area (Å²) in [5.74, 6) is 0.988. The molecule has 96 valence electrons. The van der Waals surface area contributed by atoms with E-state index in [-0.39, 0.29) is 18.2 Å². The summed E-state index contributed by atoms with van der Waals surface area (Å²) in [7, 11) is 1.80. The third kappa shape index (κ3) is 2.79. The number of hydrogen-bond donors (Lipinski definition) is 1. The standard InChI is InChI=1S/C13H21NO3/c1-14(8-4-7-11(15)16)13(17)12-9-5-2-3-6-10(9)12/h9-10,12H,2-8H2,1H3,(H,15,16). The number of carboxylic acid groups (broad SMARTS) is 1. The molecular weight excluding hydrogens is 218 g/mol. The Morgan fingerprint density at radius 3 is 2.35 bits per heavy atom. The van der Waals surface area contributed by atoms with E-state index in [0.29, 0.717) is 24.8 Å². The predicted molar refractivity (Wildman–Crippen MR) is 63.4 cm³/mol. The Balaban J connectivity index is 1.74. The zero-order chi connectivity index (χ0) is 12.4. The van der Waals surface area contributed by atoms with Gasteiger partial charge in [-0.05, 0) is 31.1 Å². The number of fused-ring (bicyclic) bond motifs is 1. The highest BCUT2D eigenvalue weighted by Gasteiger charge is 2.55. The Bertz CT molecular complexity index is 304. The van der Waals surface area contributed by atoms with Crippen LogP contribution in [0.3, 0.4) is 0 Å². The van der Waals surface area contributed by atoms with Crippen molar-refractivity contribution >= 4 is 11.9 Å². The first-order valence-electron chi connectivity index (χ1n) is 6.58. The zero-order valence-corrected chi connectivity index (χ0v) is 10.4. The molecule has 0 aliphatic heterocycles. The molecule has 2 atom stereocenters. The molecule has 2 rings (SSSR count). The summed E-state index contributed by atoms with van der Waals surface area (Å²) in [6, 6.07) is 0. The Morgan fingerprint density at radius 2 is 1.82 bits per heavy atom. The number of carboxylic acids is 1. The molecule has 17 heavy (non-hydrogen) atoms. The van der Waals surface area contributed by atoms with Crippen LogP contribution in [0.25, 0.3) is 0 Å². The molecular formula is C13H21NO3. The zero-order valence-electron chi connectivity index (χ0n) is 10.4. The summed E-state index contributed by atoms with van der Waals surface area (Å²) in [5.41, 5.74) is 0. The second-order valence-electron chi connectivity index (χ2n) is 5.40. The Kier molecular flexibility index (Phi) is 3.69. The van der Waals surface area contributed by atoms with Crippen LogP contribution in [0.5, 0.6) is 0 Å². The molecule has 0 saturated heterocycles. The summed E-state index contributed by atoms with van der Waals surface area (Å²) in [5, 5.41) is 8.55. The molecule has 0 radical (unpaired) electrons. The molecule has 0 bridgehead atoms. The number of carbonyl (C=O) groups excluding carboxylic acids is 1. The van der Waals surface area contributed by atoms with E-state index >= 15 is 0 Å². The van der Waals surface area contributed by atoms with Crippen molar-refractivity contribution in [3.63, 3.8) is 0 Å². The van der Waals surface area contributed by atoms with Crippen LogP contribution in [0.15, 0.2) is 0 Å². The summed E-state index contributed by atoms with van der Waals surface area (Å²) in [4.78, 5) is 24.3. The van der Waals surface area contributed by atoms with E-state index in [2.05, 4.69) is 0 Å². The number of carbonyl (C=O) groups is 2. The molecule has 0 spiro atoms. The van der Waals surface area contributed by atoms with Crippen LogP contribution in [-0.2, 0) is 9.59 Å². The van der Waals surface area contributed by atoms with Crippen molar-refractivity contribution in [1.29, 1.82) is 0 Å². The first-order chi connectivity index (χ1) is 8.11. The molecule has 0 heterocycles. The van der Waals surface area contributed by atoms with Gasteiger partial charge in [-0.2, -0.15) is 0 Å². The van der Waals surface area contributed by atoms with E-state index in [1.165, 1.54) is 25.7 Å². The van der Waals surface area contributed by atoms with Crippen molar-refractivity contribution in [3.8, 4) is 0 Å². The van der Waals surface area contributed by atoms with Gasteiger partial charge in [0.2, 0.25) is 5.91 Å². The Labute approximate surface area is 102 Å². The van der Waals surface area contributed by atoms with E-state index in [1.54, 1.807) is 11.9 Å². The number of hydrogen-bond acceptors (Lipinski definition) is 2. The van der Waals surface area contributed by atoms with Crippen LogP contribution in [0, 0.1) is 17.8 Å². The summed E-state index contributed by atoms with van der Waals surface area (Å²) >= 11 is 0. The van der Waals surface area contributed by atoms with Crippen molar-refractivity contribution in [2.75, 3.05) is 13.6 Å². The summed E-state index contributed by atoms with van der Waals surface area (Å²) < 4.78 is 0. The van der Waals surface area contributed by atoms with Gasteiger partial charge in [-0.3, -0.25) is 9.59 Å². The van der Waals surface area contributed by atoms with Crippen LogP contribution in [0.4, 0.5) is 0 Å². The largest absolute Gasteiger partial charge is 0.481 e. The molecule has 0 aromatic rings. The maximum atomic E-state index is 12.1. The predicted octanol–water partition coefficient (Wildman–Crippen LogP) is 1.75. The lowest BCUT2D eigenvalue weighted by Gasteiger charge is -2.16. The van der Waals surface area contributed by atoms with Gasteiger partial charge < -0.3 is 10.0 Å². The van der Waals surface area contributed by atoms with Gasteiger partial charge in [0.05, 0.1) is 0 Å². The molecule has 2 saturated carbocycles. The third-order valence-electron chi connectivity index (χ3n) is 4.20. The molecule has 4 heteroatoms. The number of nitrogens with zero attached hydrogens (tertiary/aromatic N) is 1. The second kappa shape index (κ2) is 5.07. The van der Waals surface area contributed by atoms with Crippen LogP contribution < -0.4 is 0 Å². The van der Waals surface area contributed by atoms with E-state index in [9.17, 15) is 9.59 Å². The Hall–Kier alpha value is -1.06. The second-order valence-corrected chi connectivity index (χ2v) is 5.40. The number of amides is 1. The molecule has 1 N–H and O–H groups in total. The van der Waals surface area contributed by atoms with Gasteiger partial charge in [0.1, 0.15) is 0 Å². The van der Waals surface area contributed by atoms with E-state index in [0.717, 1.165) is 0 Å². The van der Waals surface area contributed by atoms with Gasteiger partial charge >= 0.3 is 5.97 Å². The fourth-order valence-electron chi connectivity index (χ4n) is 3.19. The van der Waals surface area contributed by atoms with Gasteiger partial charge in [0.15, 0.2) is 0 Å². The molecule has 2 aliphatic carbocycles. The summed E-state index contributed by atoms with van der Waals surface area (Å²) in [6.07, 6.45) is 5.67. The quantitative estimate of drug-likeness (QED) is 0.795. The molecule has 2 aliphatic rings. The highest BCUT2D eigenvalue weighted by atomic mass is 16.4. The lowest BCUT2D eigenvalue weighted by Crippen LogP contribution is -2.30. The van der Waals surface area contributed by atoms with Crippen LogP contribution in [0.2, 0.25) is 0 Å². The van der Waals surface area contributed by atoms with E-state index in [1.807, 2.05) is 0 Å². The number of aliphatic carboxylic acids is 1. The smallest absolute Gasteiger partial charge is 0.303 e. The number of rotatable bonds is 5. The lowest BCUT2D eigenvalue weighted by molar-refractivity contribution is -0.138. The van der Waals surface area contributed by atoms with Crippen molar-refractivity contribution in [1.82, 2.24) is 4.90 Å². The van der Waals surface area contributed by atoms with E-state index in [4.69, 9.17) is 5.11 Å². The first-order valence-corrected chi connectivity index (χ1v) is 6.58. The maximum absolute atomic E-state index is 12.1. The van der Waals surface area contributed by atoms with Crippen LogP contribution >= 0.6 is 0 Å². The molecule has 2 unspecified atom stereocenters. The topological polar surface area (TPSA) is 57.6 Å². The first kappa shape index (κ1) is 12.4. The van der Waals surface area contributed by atoms with Gasteiger partial charge in [0, 0.05) is 25.9 Å². The average molecular weight is 239 g/mol. The maximum Gasteiger partial charge on any atom is 0.303 e. The minimum atomic E-state index is -0.786. The SMILES string of the molecule is CN(CCCC(=O)O)C(=O)C1C2CCCCC21. The van der Waals surface area contributed by atoms with Crippen molar-refractivity contribution in [3.05, 3.63) is 0 Å². The molecule has 1 amide bonds.